The van der Waals surface area contributed by atoms with Gasteiger partial charge in [0.05, 0.1) is 11.8 Å². The summed E-state index contributed by atoms with van der Waals surface area (Å²) in [6.45, 7) is 10.6. The molecule has 0 fully saturated rings. The number of thioether (sulfide) groups is 1. The van der Waals surface area contributed by atoms with Crippen LogP contribution in [-0.2, 0) is 5.75 Å². The Morgan fingerprint density at radius 2 is 2.06 bits per heavy atom. The predicted octanol–water partition coefficient (Wildman–Crippen LogP) is 3.15. The predicted molar refractivity (Wildman–Crippen MR) is 71.7 cm³/mol. The van der Waals surface area contributed by atoms with Gasteiger partial charge in [0.25, 0.3) is 0 Å². The summed E-state index contributed by atoms with van der Waals surface area (Å²) < 4.78 is 5.22. The Kier molecular flexibility index (Phi) is 5.01. The van der Waals surface area contributed by atoms with Crippen molar-refractivity contribution in [1.82, 2.24) is 10.1 Å². The van der Waals surface area contributed by atoms with Crippen LogP contribution >= 0.6 is 11.8 Å². The van der Waals surface area contributed by atoms with Crippen LogP contribution in [0.1, 0.15) is 58.8 Å². The minimum atomic E-state index is -0.211. The van der Waals surface area contributed by atoms with E-state index in [0.717, 1.165) is 18.0 Å². The normalized spacial score (nSPS) is 15.9. The minimum absolute atomic E-state index is 0.0618. The first-order chi connectivity index (χ1) is 7.84. The first kappa shape index (κ1) is 14.5. The highest BCUT2D eigenvalue weighted by Gasteiger charge is 2.27. The second-order valence-electron chi connectivity index (χ2n) is 5.42. The number of hydrogen-bond acceptors (Lipinski definition) is 5. The molecule has 17 heavy (non-hydrogen) atoms. The molecule has 2 N–H and O–H groups in total. The van der Waals surface area contributed by atoms with Gasteiger partial charge in [0.15, 0.2) is 5.82 Å². The Hall–Kier alpha value is -0.550. The lowest BCUT2D eigenvalue weighted by atomic mass is 9.87. The van der Waals surface area contributed by atoms with E-state index in [1.807, 2.05) is 11.8 Å². The molecule has 4 nitrogen and oxygen atoms in total. The molecule has 0 saturated carbocycles. The van der Waals surface area contributed by atoms with E-state index in [9.17, 15) is 0 Å². The molecule has 98 valence electrons. The molecule has 0 amide bonds. The van der Waals surface area contributed by atoms with Crippen molar-refractivity contribution in [3.05, 3.63) is 11.7 Å². The maximum atomic E-state index is 6.06. The Balaban J connectivity index is 2.59. The van der Waals surface area contributed by atoms with Crippen LogP contribution in [0.5, 0.6) is 0 Å². The van der Waals surface area contributed by atoms with Crippen molar-refractivity contribution in [2.75, 3.05) is 0 Å². The highest BCUT2D eigenvalue weighted by Crippen LogP contribution is 2.29. The van der Waals surface area contributed by atoms with E-state index in [1.165, 1.54) is 0 Å². The SMILES string of the molecule is CCC(C)SCc1noc([C@@H](N)C(C)(C)C)n1. The molecule has 1 aromatic rings. The standard InChI is InChI=1S/C12H23N3OS/c1-6-8(2)17-7-9-14-11(16-15-9)10(13)12(3,4)5/h8,10H,6-7,13H2,1-5H3/t8?,10-/m1/s1. The Bertz CT molecular complexity index is 346. The van der Waals surface area contributed by atoms with Gasteiger partial charge in [0.2, 0.25) is 5.89 Å². The third-order valence-corrected chi connectivity index (χ3v) is 4.08. The monoisotopic (exact) mass is 257 g/mol. The molecule has 0 aliphatic rings. The third kappa shape index (κ3) is 4.32. The average Bonchev–Trinajstić information content (AvgIpc) is 2.71. The number of nitrogens with zero attached hydrogens (tertiary/aromatic N) is 2. The van der Waals surface area contributed by atoms with Gasteiger partial charge in [0, 0.05) is 5.25 Å². The summed E-state index contributed by atoms with van der Waals surface area (Å²) in [6.07, 6.45) is 1.15. The number of rotatable bonds is 5. The Morgan fingerprint density at radius 3 is 2.59 bits per heavy atom. The summed E-state index contributed by atoms with van der Waals surface area (Å²) >= 11 is 1.84. The molecule has 1 aromatic heterocycles. The topological polar surface area (TPSA) is 64.9 Å². The zero-order valence-corrected chi connectivity index (χ0v) is 12.2. The number of aromatic nitrogens is 2. The summed E-state index contributed by atoms with van der Waals surface area (Å²) in [5.41, 5.74) is 6.00. The van der Waals surface area contributed by atoms with Gasteiger partial charge in [-0.25, -0.2) is 0 Å². The van der Waals surface area contributed by atoms with Gasteiger partial charge in [-0.3, -0.25) is 0 Å². The third-order valence-electron chi connectivity index (χ3n) is 2.75. The van der Waals surface area contributed by atoms with Crippen molar-refractivity contribution in [3.8, 4) is 0 Å². The molecule has 0 saturated heterocycles. The second-order valence-corrected chi connectivity index (χ2v) is 6.85. The number of hydrogen-bond donors (Lipinski definition) is 1. The summed E-state index contributed by atoms with van der Waals surface area (Å²) in [4.78, 5) is 4.36. The van der Waals surface area contributed by atoms with E-state index >= 15 is 0 Å². The molecule has 1 rings (SSSR count). The van der Waals surface area contributed by atoms with E-state index in [-0.39, 0.29) is 11.5 Å². The highest BCUT2D eigenvalue weighted by atomic mass is 32.2. The molecule has 0 aliphatic heterocycles. The van der Waals surface area contributed by atoms with Crippen LogP contribution in [0.4, 0.5) is 0 Å². The fourth-order valence-corrected chi connectivity index (χ4v) is 1.94. The van der Waals surface area contributed by atoms with Gasteiger partial charge in [-0.05, 0) is 11.8 Å². The molecular weight excluding hydrogens is 234 g/mol. The average molecular weight is 257 g/mol. The molecule has 2 atom stereocenters. The molecule has 0 bridgehead atoms. The molecular formula is C12H23N3OS. The molecule has 0 aromatic carbocycles. The molecule has 5 heteroatoms. The molecule has 0 spiro atoms. The van der Waals surface area contributed by atoms with Crippen LogP contribution in [0.3, 0.4) is 0 Å². The maximum Gasteiger partial charge on any atom is 0.244 e. The summed E-state index contributed by atoms with van der Waals surface area (Å²) in [7, 11) is 0. The van der Waals surface area contributed by atoms with E-state index in [0.29, 0.717) is 11.1 Å². The van der Waals surface area contributed by atoms with Crippen LogP contribution in [0.2, 0.25) is 0 Å². The van der Waals surface area contributed by atoms with Crippen molar-refractivity contribution in [2.24, 2.45) is 11.1 Å². The molecule has 1 heterocycles. The molecule has 0 aliphatic carbocycles. The molecule has 0 radical (unpaired) electrons. The van der Waals surface area contributed by atoms with Crippen molar-refractivity contribution >= 4 is 11.8 Å². The summed E-state index contributed by atoms with van der Waals surface area (Å²) in [5, 5.41) is 4.59. The van der Waals surface area contributed by atoms with Gasteiger partial charge in [-0.2, -0.15) is 16.7 Å². The highest BCUT2D eigenvalue weighted by molar-refractivity contribution is 7.99. The molecule has 1 unspecified atom stereocenters. The largest absolute Gasteiger partial charge is 0.338 e. The van der Waals surface area contributed by atoms with Gasteiger partial charge >= 0.3 is 0 Å². The lowest BCUT2D eigenvalue weighted by Crippen LogP contribution is -2.26. The van der Waals surface area contributed by atoms with Crippen LogP contribution < -0.4 is 5.73 Å². The van der Waals surface area contributed by atoms with Gasteiger partial charge in [0.1, 0.15) is 0 Å². The fraction of sp³-hybridized carbons (Fsp3) is 0.833. The zero-order chi connectivity index (χ0) is 13.1. The lowest BCUT2D eigenvalue weighted by Gasteiger charge is -2.23. The van der Waals surface area contributed by atoms with Crippen molar-refractivity contribution < 1.29 is 4.52 Å². The van der Waals surface area contributed by atoms with E-state index in [2.05, 4.69) is 44.8 Å². The van der Waals surface area contributed by atoms with E-state index in [4.69, 9.17) is 10.3 Å². The van der Waals surface area contributed by atoms with Gasteiger partial charge in [-0.15, -0.1) is 0 Å². The first-order valence-electron chi connectivity index (χ1n) is 6.04. The summed E-state index contributed by atoms with van der Waals surface area (Å²) in [5.74, 6) is 2.07. The quantitative estimate of drug-likeness (QED) is 0.877. The van der Waals surface area contributed by atoms with Crippen molar-refractivity contribution in [3.63, 3.8) is 0 Å². The Morgan fingerprint density at radius 1 is 1.41 bits per heavy atom. The zero-order valence-electron chi connectivity index (χ0n) is 11.4. The van der Waals surface area contributed by atoms with E-state index in [1.54, 1.807) is 0 Å². The van der Waals surface area contributed by atoms with Crippen LogP contribution in [0, 0.1) is 5.41 Å². The maximum absolute atomic E-state index is 6.06. The van der Waals surface area contributed by atoms with Crippen molar-refractivity contribution in [2.45, 2.75) is 58.1 Å². The van der Waals surface area contributed by atoms with E-state index < -0.39 is 0 Å². The van der Waals surface area contributed by atoms with Gasteiger partial charge < -0.3 is 10.3 Å². The lowest BCUT2D eigenvalue weighted by molar-refractivity contribution is 0.252. The first-order valence-corrected chi connectivity index (χ1v) is 7.09. The Labute approximate surface area is 108 Å². The van der Waals surface area contributed by atoms with Crippen LogP contribution in [0.25, 0.3) is 0 Å². The van der Waals surface area contributed by atoms with Crippen LogP contribution in [-0.4, -0.2) is 15.4 Å². The van der Waals surface area contributed by atoms with Crippen molar-refractivity contribution in [1.29, 1.82) is 0 Å². The smallest absolute Gasteiger partial charge is 0.244 e. The fourth-order valence-electron chi connectivity index (χ4n) is 1.16. The van der Waals surface area contributed by atoms with Gasteiger partial charge in [-0.1, -0.05) is 39.8 Å². The minimum Gasteiger partial charge on any atom is -0.338 e. The summed E-state index contributed by atoms with van der Waals surface area (Å²) in [6, 6.07) is -0.211. The van der Waals surface area contributed by atoms with Crippen LogP contribution in [0.15, 0.2) is 4.52 Å². The second kappa shape index (κ2) is 5.87. The number of nitrogens with two attached hydrogens (primary N) is 1.